The van der Waals surface area contributed by atoms with Gasteiger partial charge in [0.1, 0.15) is 0 Å². The van der Waals surface area contributed by atoms with Gasteiger partial charge in [-0.25, -0.2) is 0 Å². The summed E-state index contributed by atoms with van der Waals surface area (Å²) in [6.07, 6.45) is 3.61. The Labute approximate surface area is 141 Å². The van der Waals surface area contributed by atoms with Crippen LogP contribution in [0.3, 0.4) is 0 Å². The molecule has 1 rings (SSSR count). The Morgan fingerprint density at radius 3 is 2.35 bits per heavy atom. The third-order valence-corrected chi connectivity index (χ3v) is 5.12. The molecule has 0 saturated heterocycles. The normalized spacial score (nSPS) is 13.6. The molecule has 0 radical (unpaired) electrons. The monoisotopic (exact) mass is 403 g/mol. The van der Waals surface area contributed by atoms with Crippen LogP contribution >= 0.6 is 31.9 Å². The molecule has 0 heterocycles. The summed E-state index contributed by atoms with van der Waals surface area (Å²) in [4.78, 5) is 0. The van der Waals surface area contributed by atoms with Crippen LogP contribution in [0.1, 0.15) is 51.7 Å². The van der Waals surface area contributed by atoms with Crippen molar-refractivity contribution >= 4 is 31.9 Å². The molecular formula is C17H27Br2N. The lowest BCUT2D eigenvalue weighted by atomic mass is 9.97. The first-order chi connectivity index (χ1) is 9.19. The average molecular weight is 405 g/mol. The number of aryl methyl sites for hydroxylation is 2. The summed E-state index contributed by atoms with van der Waals surface area (Å²) in [6.45, 7) is 12.2. The van der Waals surface area contributed by atoms with E-state index in [1.165, 1.54) is 32.9 Å². The Morgan fingerprint density at radius 2 is 1.75 bits per heavy atom. The Kier molecular flexibility index (Phi) is 7.23. The van der Waals surface area contributed by atoms with Gasteiger partial charge in [0, 0.05) is 14.5 Å². The third-order valence-electron chi connectivity index (χ3n) is 3.53. The highest BCUT2D eigenvalue weighted by atomic mass is 79.9. The van der Waals surface area contributed by atoms with E-state index in [1.54, 1.807) is 0 Å². The minimum atomic E-state index is 0.227. The molecule has 0 spiro atoms. The van der Waals surface area contributed by atoms with Crippen LogP contribution in [-0.4, -0.2) is 12.1 Å². The van der Waals surface area contributed by atoms with Crippen LogP contribution in [0.2, 0.25) is 0 Å². The Hall–Kier alpha value is 0.140. The number of rotatable bonds is 6. The molecule has 20 heavy (non-hydrogen) atoms. The zero-order valence-corrected chi connectivity index (χ0v) is 16.5. The molecule has 0 aliphatic rings. The van der Waals surface area contributed by atoms with E-state index in [9.17, 15) is 0 Å². The predicted molar refractivity (Wildman–Crippen MR) is 96.4 cm³/mol. The molecule has 0 saturated carbocycles. The van der Waals surface area contributed by atoms with Gasteiger partial charge in [-0.2, -0.15) is 0 Å². The minimum Gasteiger partial charge on any atom is -0.312 e. The summed E-state index contributed by atoms with van der Waals surface area (Å²) in [5, 5.41) is 3.56. The molecule has 0 amide bonds. The summed E-state index contributed by atoms with van der Waals surface area (Å²) >= 11 is 7.30. The van der Waals surface area contributed by atoms with Gasteiger partial charge in [-0.3, -0.25) is 0 Å². The second-order valence-electron chi connectivity index (χ2n) is 6.80. The molecule has 0 fully saturated rings. The van der Waals surface area contributed by atoms with Gasteiger partial charge in [0.05, 0.1) is 0 Å². The molecule has 1 atom stereocenters. The Bertz CT molecular complexity index is 435. The summed E-state index contributed by atoms with van der Waals surface area (Å²) in [5.74, 6) is 0.747. The molecule has 1 aromatic carbocycles. The predicted octanol–water partition coefficient (Wildman–Crippen LogP) is 5.87. The molecule has 1 nitrogen and oxygen atoms in total. The van der Waals surface area contributed by atoms with Gasteiger partial charge in [0.15, 0.2) is 0 Å². The Morgan fingerprint density at radius 1 is 1.10 bits per heavy atom. The van der Waals surface area contributed by atoms with E-state index in [0.717, 1.165) is 18.9 Å². The second-order valence-corrected chi connectivity index (χ2v) is 8.51. The number of hydrogen-bond acceptors (Lipinski definition) is 1. The van der Waals surface area contributed by atoms with Gasteiger partial charge in [0.2, 0.25) is 0 Å². The molecule has 0 aliphatic heterocycles. The molecular weight excluding hydrogens is 378 g/mol. The number of halogens is 2. The largest absolute Gasteiger partial charge is 0.312 e. The van der Waals surface area contributed by atoms with Gasteiger partial charge in [0.25, 0.3) is 0 Å². The summed E-state index contributed by atoms with van der Waals surface area (Å²) < 4.78 is 2.44. The van der Waals surface area contributed by atoms with Crippen molar-refractivity contribution in [2.75, 3.05) is 6.54 Å². The van der Waals surface area contributed by atoms with E-state index in [-0.39, 0.29) is 5.54 Å². The minimum absolute atomic E-state index is 0.227. The maximum atomic E-state index is 3.68. The number of hydrogen-bond donors (Lipinski definition) is 1. The quantitative estimate of drug-likeness (QED) is 0.625. The highest BCUT2D eigenvalue weighted by Gasteiger charge is 2.10. The van der Waals surface area contributed by atoms with Crippen molar-refractivity contribution in [3.63, 3.8) is 0 Å². The molecule has 1 unspecified atom stereocenters. The maximum absolute atomic E-state index is 3.68. The van der Waals surface area contributed by atoms with Crippen LogP contribution in [0.5, 0.6) is 0 Å². The first-order valence-electron chi connectivity index (χ1n) is 7.38. The zero-order valence-electron chi connectivity index (χ0n) is 13.3. The summed E-state index contributed by atoms with van der Waals surface area (Å²) in [5.41, 5.74) is 2.91. The van der Waals surface area contributed by atoms with E-state index in [1.807, 2.05) is 0 Å². The highest BCUT2D eigenvalue weighted by molar-refractivity contribution is 9.11. The average Bonchev–Trinajstić information content (AvgIpc) is 2.30. The van der Waals surface area contributed by atoms with Gasteiger partial charge in [-0.05, 0) is 82.7 Å². The van der Waals surface area contributed by atoms with Crippen molar-refractivity contribution in [2.45, 2.75) is 59.4 Å². The lowest BCUT2D eigenvalue weighted by molar-refractivity contribution is 0.386. The van der Waals surface area contributed by atoms with Crippen molar-refractivity contribution < 1.29 is 0 Å². The van der Waals surface area contributed by atoms with Crippen LogP contribution in [0.15, 0.2) is 21.1 Å². The van der Waals surface area contributed by atoms with E-state index >= 15 is 0 Å². The molecule has 0 bridgehead atoms. The lowest BCUT2D eigenvalue weighted by Crippen LogP contribution is -2.36. The molecule has 1 aromatic rings. The Balaban J connectivity index is 2.41. The highest BCUT2D eigenvalue weighted by Crippen LogP contribution is 2.27. The first kappa shape index (κ1) is 18.2. The van der Waals surface area contributed by atoms with Crippen LogP contribution in [0.4, 0.5) is 0 Å². The van der Waals surface area contributed by atoms with Crippen molar-refractivity contribution in [1.82, 2.24) is 5.32 Å². The van der Waals surface area contributed by atoms with Crippen molar-refractivity contribution in [1.29, 1.82) is 0 Å². The van der Waals surface area contributed by atoms with Gasteiger partial charge in [-0.1, -0.05) is 38.8 Å². The summed E-state index contributed by atoms with van der Waals surface area (Å²) in [7, 11) is 0. The van der Waals surface area contributed by atoms with Gasteiger partial charge >= 0.3 is 0 Å². The fourth-order valence-electron chi connectivity index (χ4n) is 2.12. The van der Waals surface area contributed by atoms with E-state index in [4.69, 9.17) is 0 Å². The number of nitrogens with one attached hydrogen (secondary N) is 1. The first-order valence-corrected chi connectivity index (χ1v) is 8.97. The molecule has 1 N–H and O–H groups in total. The van der Waals surface area contributed by atoms with Crippen LogP contribution < -0.4 is 5.32 Å². The molecule has 114 valence electrons. The second kappa shape index (κ2) is 7.95. The zero-order chi connectivity index (χ0) is 15.3. The van der Waals surface area contributed by atoms with Gasteiger partial charge < -0.3 is 5.32 Å². The van der Waals surface area contributed by atoms with Crippen LogP contribution in [0.25, 0.3) is 0 Å². The fraction of sp³-hybridized carbons (Fsp3) is 0.647. The van der Waals surface area contributed by atoms with E-state index in [2.05, 4.69) is 83.9 Å². The number of benzene rings is 1. The van der Waals surface area contributed by atoms with Crippen molar-refractivity contribution in [2.24, 2.45) is 5.92 Å². The van der Waals surface area contributed by atoms with Crippen molar-refractivity contribution in [3.05, 3.63) is 32.2 Å². The van der Waals surface area contributed by atoms with Crippen molar-refractivity contribution in [3.8, 4) is 0 Å². The third kappa shape index (κ3) is 6.73. The van der Waals surface area contributed by atoms with E-state index in [0.29, 0.717) is 0 Å². The van der Waals surface area contributed by atoms with Crippen LogP contribution in [0, 0.1) is 12.8 Å². The molecule has 0 aliphatic carbocycles. The van der Waals surface area contributed by atoms with Crippen LogP contribution in [-0.2, 0) is 6.42 Å². The molecule has 0 aromatic heterocycles. The fourth-order valence-corrected chi connectivity index (χ4v) is 3.17. The van der Waals surface area contributed by atoms with E-state index < -0.39 is 0 Å². The van der Waals surface area contributed by atoms with Gasteiger partial charge in [-0.15, -0.1) is 0 Å². The molecule has 3 heteroatoms. The summed E-state index contributed by atoms with van der Waals surface area (Å²) in [6, 6.07) is 4.45. The standard InChI is InChI=1S/C17H27Br2N/c1-12(8-9-20-17(3,4)5)6-7-14-11-15(18)13(2)10-16(14)19/h10-12,20H,6-9H2,1-5H3. The SMILES string of the molecule is Cc1cc(Br)c(CCC(C)CCNC(C)(C)C)cc1Br. The topological polar surface area (TPSA) is 12.0 Å². The lowest BCUT2D eigenvalue weighted by Gasteiger charge is -2.22. The maximum Gasteiger partial charge on any atom is 0.0210 e. The smallest absolute Gasteiger partial charge is 0.0210 e.